The normalized spacial score (nSPS) is 15.1. The zero-order chi connectivity index (χ0) is 14.1. The molecule has 3 rings (SSSR count). The van der Waals surface area contributed by atoms with Crippen LogP contribution >= 0.6 is 0 Å². The van der Waals surface area contributed by atoms with Crippen molar-refractivity contribution in [1.29, 1.82) is 0 Å². The highest BCUT2D eigenvalue weighted by Crippen LogP contribution is 2.36. The quantitative estimate of drug-likeness (QED) is 0.633. The van der Waals surface area contributed by atoms with Crippen molar-refractivity contribution in [2.24, 2.45) is 0 Å². The smallest absolute Gasteiger partial charge is 0.330 e. The molecule has 1 aromatic carbocycles. The molecule has 5 nitrogen and oxygen atoms in total. The summed E-state index contributed by atoms with van der Waals surface area (Å²) in [7, 11) is 0. The van der Waals surface area contributed by atoms with Gasteiger partial charge in [0.1, 0.15) is 5.52 Å². The molecular formula is C15H17N3O2. The zero-order valence-electron chi connectivity index (χ0n) is 11.7. The van der Waals surface area contributed by atoms with Crippen LogP contribution in [0.1, 0.15) is 36.9 Å². The number of carbonyl (C=O) groups excluding carboxylic acids is 1. The summed E-state index contributed by atoms with van der Waals surface area (Å²) in [5.74, 6) is -0.325. The lowest BCUT2D eigenvalue weighted by Gasteiger charge is -2.03. The molecule has 0 aliphatic heterocycles. The van der Waals surface area contributed by atoms with Gasteiger partial charge in [-0.2, -0.15) is 0 Å². The zero-order valence-corrected chi connectivity index (χ0v) is 11.7. The van der Waals surface area contributed by atoms with Crippen molar-refractivity contribution in [3.63, 3.8) is 0 Å². The summed E-state index contributed by atoms with van der Waals surface area (Å²) in [6.45, 7) is 4.18. The predicted molar refractivity (Wildman–Crippen MR) is 76.2 cm³/mol. The maximum atomic E-state index is 11.4. The minimum Gasteiger partial charge on any atom is -0.463 e. The molecule has 1 saturated carbocycles. The van der Waals surface area contributed by atoms with Crippen molar-refractivity contribution < 1.29 is 9.53 Å². The van der Waals surface area contributed by atoms with Crippen molar-refractivity contribution >= 4 is 23.1 Å². The van der Waals surface area contributed by atoms with E-state index in [4.69, 9.17) is 4.74 Å². The maximum Gasteiger partial charge on any atom is 0.330 e. The lowest BCUT2D eigenvalue weighted by Crippen LogP contribution is -1.99. The van der Waals surface area contributed by atoms with Crippen LogP contribution in [0.15, 0.2) is 18.2 Å². The summed E-state index contributed by atoms with van der Waals surface area (Å²) in [6, 6.07) is 4.53. The van der Waals surface area contributed by atoms with Gasteiger partial charge in [0.15, 0.2) is 0 Å². The van der Waals surface area contributed by atoms with E-state index in [1.54, 1.807) is 13.0 Å². The van der Waals surface area contributed by atoms with Gasteiger partial charge < -0.3 is 4.74 Å². The van der Waals surface area contributed by atoms with Gasteiger partial charge in [-0.15, -0.1) is 5.10 Å². The number of fused-ring (bicyclic) bond motifs is 1. The molecule has 2 aromatic rings. The summed E-state index contributed by atoms with van der Waals surface area (Å²) >= 11 is 0. The number of esters is 1. The lowest BCUT2D eigenvalue weighted by atomic mass is 10.1. The van der Waals surface area contributed by atoms with Crippen LogP contribution in [-0.2, 0) is 9.53 Å². The second-order valence-corrected chi connectivity index (χ2v) is 5.00. The van der Waals surface area contributed by atoms with E-state index in [0.29, 0.717) is 12.6 Å². The number of aryl methyl sites for hydroxylation is 1. The first-order chi connectivity index (χ1) is 9.70. The Balaban J connectivity index is 1.93. The second-order valence-electron chi connectivity index (χ2n) is 5.00. The van der Waals surface area contributed by atoms with Crippen LogP contribution in [0.2, 0.25) is 0 Å². The molecule has 0 N–H and O–H groups in total. The summed E-state index contributed by atoms with van der Waals surface area (Å²) in [6.07, 6.45) is 5.58. The fraction of sp³-hybridized carbons (Fsp3) is 0.400. The number of rotatable bonds is 4. The molecule has 104 valence electrons. The number of aromatic nitrogens is 3. The first kappa shape index (κ1) is 12.8. The Morgan fingerprint density at radius 2 is 2.30 bits per heavy atom. The Morgan fingerprint density at radius 1 is 1.50 bits per heavy atom. The molecule has 0 spiro atoms. The second kappa shape index (κ2) is 5.07. The van der Waals surface area contributed by atoms with Gasteiger partial charge in [0, 0.05) is 6.08 Å². The summed E-state index contributed by atoms with van der Waals surface area (Å²) < 4.78 is 6.88. The van der Waals surface area contributed by atoms with Gasteiger partial charge in [0.25, 0.3) is 0 Å². The number of nitrogens with zero attached hydrogens (tertiary/aromatic N) is 3. The third-order valence-electron chi connectivity index (χ3n) is 3.52. The molecule has 1 fully saturated rings. The van der Waals surface area contributed by atoms with Crippen LogP contribution in [0.25, 0.3) is 17.1 Å². The Morgan fingerprint density at radius 3 is 3.00 bits per heavy atom. The van der Waals surface area contributed by atoms with Crippen LogP contribution in [0, 0.1) is 6.92 Å². The third-order valence-corrected chi connectivity index (χ3v) is 3.52. The lowest BCUT2D eigenvalue weighted by molar-refractivity contribution is -0.137. The topological polar surface area (TPSA) is 57.0 Å². The molecule has 0 saturated heterocycles. The molecule has 20 heavy (non-hydrogen) atoms. The Labute approximate surface area is 117 Å². The third kappa shape index (κ3) is 2.31. The molecule has 0 unspecified atom stereocenters. The fourth-order valence-corrected chi connectivity index (χ4v) is 2.27. The molecule has 0 atom stereocenters. The highest BCUT2D eigenvalue weighted by molar-refractivity contribution is 5.89. The van der Waals surface area contributed by atoms with Crippen LogP contribution in [0.3, 0.4) is 0 Å². The highest BCUT2D eigenvalue weighted by Gasteiger charge is 2.26. The predicted octanol–water partition coefficient (Wildman–Crippen LogP) is 2.65. The Bertz CT molecular complexity index is 684. The van der Waals surface area contributed by atoms with Gasteiger partial charge in [-0.05, 0) is 50.0 Å². The minimum atomic E-state index is -0.325. The summed E-state index contributed by atoms with van der Waals surface area (Å²) in [5, 5.41) is 8.50. The molecule has 5 heteroatoms. The number of hydrogen-bond donors (Lipinski definition) is 0. The van der Waals surface area contributed by atoms with Crippen molar-refractivity contribution in [1.82, 2.24) is 15.0 Å². The molecule has 1 aliphatic carbocycles. The van der Waals surface area contributed by atoms with Gasteiger partial charge in [0.2, 0.25) is 0 Å². The molecule has 0 radical (unpaired) electrons. The Kier molecular flexibility index (Phi) is 3.26. The van der Waals surface area contributed by atoms with Crippen molar-refractivity contribution in [3.8, 4) is 0 Å². The summed E-state index contributed by atoms with van der Waals surface area (Å²) in [4.78, 5) is 11.4. The highest BCUT2D eigenvalue weighted by atomic mass is 16.5. The fourth-order valence-electron chi connectivity index (χ4n) is 2.27. The van der Waals surface area contributed by atoms with Crippen LogP contribution in [-0.4, -0.2) is 27.6 Å². The number of ether oxygens (including phenoxy) is 1. The van der Waals surface area contributed by atoms with E-state index < -0.39 is 0 Å². The largest absolute Gasteiger partial charge is 0.463 e. The van der Waals surface area contributed by atoms with Gasteiger partial charge >= 0.3 is 5.97 Å². The van der Waals surface area contributed by atoms with Crippen molar-refractivity contribution in [2.75, 3.05) is 6.61 Å². The molecule has 0 bridgehead atoms. The first-order valence-electron chi connectivity index (χ1n) is 6.90. The monoisotopic (exact) mass is 271 g/mol. The van der Waals surface area contributed by atoms with E-state index in [1.807, 2.05) is 23.7 Å². The average Bonchev–Trinajstić information content (AvgIpc) is 3.18. The molecule has 0 amide bonds. The van der Waals surface area contributed by atoms with E-state index in [1.165, 1.54) is 18.9 Å². The molecule has 1 heterocycles. The number of hydrogen-bond acceptors (Lipinski definition) is 4. The summed E-state index contributed by atoms with van der Waals surface area (Å²) in [5.41, 5.74) is 3.98. The van der Waals surface area contributed by atoms with Crippen LogP contribution in [0.5, 0.6) is 0 Å². The maximum absolute atomic E-state index is 11.4. The average molecular weight is 271 g/mol. The molecule has 1 aliphatic rings. The Hall–Kier alpha value is -2.17. The standard InChI is InChI=1S/C15H17N3O2/c1-3-20-14(19)9-5-11-4-8-13-15(10(11)2)16-17-18(13)12-6-7-12/h4-5,8-9,12H,3,6-7H2,1-2H3/b9-5+. The molecular weight excluding hydrogens is 254 g/mol. The number of benzene rings is 1. The van der Waals surface area contributed by atoms with Crippen molar-refractivity contribution in [3.05, 3.63) is 29.3 Å². The molecule has 1 aromatic heterocycles. The SMILES string of the molecule is CCOC(=O)/C=C/c1ccc2c(nnn2C2CC2)c1C. The minimum absolute atomic E-state index is 0.325. The number of carbonyl (C=O) groups is 1. The van der Waals surface area contributed by atoms with Crippen molar-refractivity contribution in [2.45, 2.75) is 32.7 Å². The van der Waals surface area contributed by atoms with Gasteiger partial charge in [-0.1, -0.05) is 11.3 Å². The van der Waals surface area contributed by atoms with E-state index in [9.17, 15) is 4.79 Å². The van der Waals surface area contributed by atoms with Crippen LogP contribution in [0.4, 0.5) is 0 Å². The van der Waals surface area contributed by atoms with E-state index in [0.717, 1.165) is 22.2 Å². The van der Waals surface area contributed by atoms with Gasteiger partial charge in [-0.25, -0.2) is 9.48 Å². The van der Waals surface area contributed by atoms with Gasteiger partial charge in [0.05, 0.1) is 18.2 Å². The van der Waals surface area contributed by atoms with Gasteiger partial charge in [-0.3, -0.25) is 0 Å². The van der Waals surface area contributed by atoms with E-state index in [-0.39, 0.29) is 5.97 Å². The van der Waals surface area contributed by atoms with E-state index >= 15 is 0 Å². The van der Waals surface area contributed by atoms with Crippen LogP contribution < -0.4 is 0 Å². The first-order valence-corrected chi connectivity index (χ1v) is 6.90. The van der Waals surface area contributed by atoms with E-state index in [2.05, 4.69) is 10.3 Å².